The van der Waals surface area contributed by atoms with Gasteiger partial charge in [-0.15, -0.1) is 0 Å². The third-order valence-electron chi connectivity index (χ3n) is 3.54. The molecule has 0 aromatic heterocycles. The Morgan fingerprint density at radius 1 is 1.31 bits per heavy atom. The zero-order chi connectivity index (χ0) is 12.0. The summed E-state index contributed by atoms with van der Waals surface area (Å²) in [5, 5.41) is 0. The van der Waals surface area contributed by atoms with E-state index in [1.54, 1.807) is 0 Å². The first kappa shape index (κ1) is 13.5. The summed E-state index contributed by atoms with van der Waals surface area (Å²) in [4.78, 5) is 11.6. The van der Waals surface area contributed by atoms with Crippen molar-refractivity contribution < 1.29 is 14.3 Å². The molecule has 3 heteroatoms. The Bertz CT molecular complexity index is 217. The minimum atomic E-state index is -0.392. The third-order valence-corrected chi connectivity index (χ3v) is 3.54. The number of hydrogen-bond acceptors (Lipinski definition) is 3. The van der Waals surface area contributed by atoms with Gasteiger partial charge in [0.1, 0.15) is 0 Å². The topological polar surface area (TPSA) is 35.5 Å². The Labute approximate surface area is 98.5 Å². The van der Waals surface area contributed by atoms with E-state index in [9.17, 15) is 4.79 Å². The van der Waals surface area contributed by atoms with E-state index in [4.69, 9.17) is 9.47 Å². The van der Waals surface area contributed by atoms with Crippen molar-refractivity contribution in [2.45, 2.75) is 52.9 Å². The van der Waals surface area contributed by atoms with Crippen molar-refractivity contribution in [1.82, 2.24) is 0 Å². The first-order chi connectivity index (χ1) is 7.56. The van der Waals surface area contributed by atoms with E-state index >= 15 is 0 Å². The van der Waals surface area contributed by atoms with Gasteiger partial charge in [-0.3, -0.25) is 4.79 Å². The smallest absolute Gasteiger partial charge is 0.313 e. The van der Waals surface area contributed by atoms with Crippen LogP contribution in [0.4, 0.5) is 0 Å². The molecule has 0 radical (unpaired) electrons. The van der Waals surface area contributed by atoms with E-state index in [0.29, 0.717) is 5.92 Å². The summed E-state index contributed by atoms with van der Waals surface area (Å²) in [5.41, 5.74) is -0.392. The Hall–Kier alpha value is -0.570. The first-order valence-electron chi connectivity index (χ1n) is 6.31. The van der Waals surface area contributed by atoms with Crippen molar-refractivity contribution in [2.24, 2.45) is 11.3 Å². The average Bonchev–Trinajstić information content (AvgIpc) is 2.76. The lowest BCUT2D eigenvalue weighted by Gasteiger charge is -2.20. The minimum Gasteiger partial charge on any atom is -0.438 e. The molecule has 1 aliphatic rings. The van der Waals surface area contributed by atoms with Crippen LogP contribution >= 0.6 is 0 Å². The second kappa shape index (κ2) is 6.24. The molecular weight excluding hydrogens is 204 g/mol. The number of esters is 1. The van der Waals surface area contributed by atoms with Gasteiger partial charge in [0.05, 0.1) is 12.0 Å². The maximum absolute atomic E-state index is 11.6. The van der Waals surface area contributed by atoms with Gasteiger partial charge in [-0.2, -0.15) is 0 Å². The lowest BCUT2D eigenvalue weighted by molar-refractivity contribution is -0.167. The zero-order valence-electron chi connectivity index (χ0n) is 10.8. The molecule has 0 bridgehead atoms. The SMILES string of the molecule is CCC(C)(C)C(=O)OCOCC1CCCC1. The quantitative estimate of drug-likeness (QED) is 0.398. The Morgan fingerprint density at radius 3 is 2.50 bits per heavy atom. The lowest BCUT2D eigenvalue weighted by Crippen LogP contribution is -2.27. The first-order valence-corrected chi connectivity index (χ1v) is 6.31. The van der Waals surface area contributed by atoms with Crippen LogP contribution in [-0.4, -0.2) is 19.4 Å². The molecular formula is C13H24O3. The fourth-order valence-electron chi connectivity index (χ4n) is 1.83. The predicted molar refractivity (Wildman–Crippen MR) is 62.9 cm³/mol. The Kier molecular flexibility index (Phi) is 5.26. The number of carbonyl (C=O) groups excluding carboxylic acids is 1. The lowest BCUT2D eigenvalue weighted by atomic mass is 9.91. The summed E-state index contributed by atoms with van der Waals surface area (Å²) in [5.74, 6) is 0.513. The molecule has 0 aromatic carbocycles. The molecule has 0 amide bonds. The van der Waals surface area contributed by atoms with E-state index in [1.165, 1.54) is 25.7 Å². The number of carbonyl (C=O) groups is 1. The molecule has 0 aliphatic heterocycles. The molecule has 0 saturated heterocycles. The van der Waals surface area contributed by atoms with Crippen LogP contribution in [0.5, 0.6) is 0 Å². The van der Waals surface area contributed by atoms with Gasteiger partial charge in [-0.25, -0.2) is 0 Å². The maximum Gasteiger partial charge on any atom is 0.313 e. The molecule has 16 heavy (non-hydrogen) atoms. The largest absolute Gasteiger partial charge is 0.438 e. The normalized spacial score (nSPS) is 17.7. The highest BCUT2D eigenvalue weighted by Crippen LogP contribution is 2.25. The summed E-state index contributed by atoms with van der Waals surface area (Å²) < 4.78 is 10.5. The average molecular weight is 228 g/mol. The Balaban J connectivity index is 2.08. The van der Waals surface area contributed by atoms with Crippen molar-refractivity contribution in [3.8, 4) is 0 Å². The highest BCUT2D eigenvalue weighted by atomic mass is 16.7. The van der Waals surface area contributed by atoms with Gasteiger partial charge in [0.15, 0.2) is 6.79 Å². The predicted octanol–water partition coefficient (Wildman–Crippen LogP) is 3.13. The van der Waals surface area contributed by atoms with E-state index in [-0.39, 0.29) is 12.8 Å². The molecule has 1 aliphatic carbocycles. The van der Waals surface area contributed by atoms with Gasteiger partial charge in [0.25, 0.3) is 0 Å². The molecule has 0 spiro atoms. The highest BCUT2D eigenvalue weighted by Gasteiger charge is 2.27. The molecule has 0 atom stereocenters. The van der Waals surface area contributed by atoms with E-state index in [0.717, 1.165) is 13.0 Å². The maximum atomic E-state index is 11.6. The summed E-state index contributed by atoms with van der Waals surface area (Å²) in [6, 6.07) is 0. The summed E-state index contributed by atoms with van der Waals surface area (Å²) in [6.45, 7) is 6.62. The molecule has 0 N–H and O–H groups in total. The van der Waals surface area contributed by atoms with Gasteiger partial charge in [-0.05, 0) is 39.0 Å². The van der Waals surface area contributed by atoms with Crippen molar-refractivity contribution in [2.75, 3.05) is 13.4 Å². The van der Waals surface area contributed by atoms with Gasteiger partial charge >= 0.3 is 5.97 Å². The summed E-state index contributed by atoms with van der Waals surface area (Å²) in [6.07, 6.45) is 5.94. The van der Waals surface area contributed by atoms with Crippen molar-refractivity contribution in [3.63, 3.8) is 0 Å². The summed E-state index contributed by atoms with van der Waals surface area (Å²) >= 11 is 0. The zero-order valence-corrected chi connectivity index (χ0v) is 10.8. The van der Waals surface area contributed by atoms with Crippen molar-refractivity contribution >= 4 is 5.97 Å². The van der Waals surface area contributed by atoms with Crippen LogP contribution in [0.15, 0.2) is 0 Å². The monoisotopic (exact) mass is 228 g/mol. The van der Waals surface area contributed by atoms with Crippen LogP contribution in [0.2, 0.25) is 0 Å². The molecule has 1 rings (SSSR count). The Morgan fingerprint density at radius 2 is 1.94 bits per heavy atom. The molecule has 0 aromatic rings. The van der Waals surface area contributed by atoms with Gasteiger partial charge < -0.3 is 9.47 Å². The van der Waals surface area contributed by atoms with Gasteiger partial charge in [0.2, 0.25) is 0 Å². The van der Waals surface area contributed by atoms with Crippen LogP contribution in [-0.2, 0) is 14.3 Å². The van der Waals surface area contributed by atoms with Gasteiger partial charge in [-0.1, -0.05) is 19.8 Å². The van der Waals surface area contributed by atoms with E-state index in [1.807, 2.05) is 20.8 Å². The van der Waals surface area contributed by atoms with E-state index < -0.39 is 5.41 Å². The molecule has 94 valence electrons. The second-order valence-electron chi connectivity index (χ2n) is 5.31. The number of hydrogen-bond donors (Lipinski definition) is 0. The van der Waals surface area contributed by atoms with Crippen LogP contribution in [0.3, 0.4) is 0 Å². The molecule has 3 nitrogen and oxygen atoms in total. The molecule has 0 heterocycles. The van der Waals surface area contributed by atoms with Crippen molar-refractivity contribution in [1.29, 1.82) is 0 Å². The minimum absolute atomic E-state index is 0.110. The van der Waals surface area contributed by atoms with Crippen molar-refractivity contribution in [3.05, 3.63) is 0 Å². The third kappa shape index (κ3) is 4.12. The second-order valence-corrected chi connectivity index (χ2v) is 5.31. The van der Waals surface area contributed by atoms with Gasteiger partial charge in [0, 0.05) is 0 Å². The fourth-order valence-corrected chi connectivity index (χ4v) is 1.83. The van der Waals surface area contributed by atoms with Crippen LogP contribution in [0, 0.1) is 11.3 Å². The molecule has 0 unspecified atom stereocenters. The van der Waals surface area contributed by atoms with Crippen LogP contribution < -0.4 is 0 Å². The standard InChI is InChI=1S/C13H24O3/c1-4-13(2,3)12(14)16-10-15-9-11-7-5-6-8-11/h11H,4-10H2,1-3H3. The van der Waals surface area contributed by atoms with Crippen LogP contribution in [0.25, 0.3) is 0 Å². The number of ether oxygens (including phenoxy) is 2. The fraction of sp³-hybridized carbons (Fsp3) is 0.923. The highest BCUT2D eigenvalue weighted by molar-refractivity contribution is 5.75. The van der Waals surface area contributed by atoms with E-state index in [2.05, 4.69) is 0 Å². The summed E-state index contributed by atoms with van der Waals surface area (Å²) in [7, 11) is 0. The molecule has 1 saturated carbocycles. The number of rotatable bonds is 6. The van der Waals surface area contributed by atoms with Crippen LogP contribution in [0.1, 0.15) is 52.9 Å². The molecule has 1 fully saturated rings.